The number of halogens is 1. The first-order valence-corrected chi connectivity index (χ1v) is 9.34. The lowest BCUT2D eigenvalue weighted by Crippen LogP contribution is -2.38. The Morgan fingerprint density at radius 2 is 1.86 bits per heavy atom. The van der Waals surface area contributed by atoms with Crippen molar-refractivity contribution in [1.29, 1.82) is 0 Å². The van der Waals surface area contributed by atoms with Crippen molar-refractivity contribution in [2.45, 2.75) is 25.7 Å². The molecule has 1 aromatic rings. The Morgan fingerprint density at radius 3 is 2.46 bits per heavy atom. The average Bonchev–Trinajstić information content (AvgIpc) is 2.68. The number of piperidine rings is 1. The highest BCUT2D eigenvalue weighted by Gasteiger charge is 2.22. The van der Waals surface area contributed by atoms with Crippen LogP contribution in [-0.2, 0) is 4.79 Å². The van der Waals surface area contributed by atoms with Gasteiger partial charge >= 0.3 is 0 Å². The largest absolute Gasteiger partial charge is 0.493 e. The summed E-state index contributed by atoms with van der Waals surface area (Å²) in [7, 11) is 3.19. The number of guanidine groups is 1. The fourth-order valence-corrected chi connectivity index (χ4v) is 3.19. The van der Waals surface area contributed by atoms with Gasteiger partial charge in [-0.2, -0.15) is 0 Å². The molecule has 1 amide bonds. The van der Waals surface area contributed by atoms with Crippen molar-refractivity contribution >= 4 is 41.5 Å². The average molecular weight is 505 g/mol. The van der Waals surface area contributed by atoms with Crippen LogP contribution in [0.5, 0.6) is 11.5 Å². The van der Waals surface area contributed by atoms with Gasteiger partial charge in [-0.25, -0.2) is 0 Å². The van der Waals surface area contributed by atoms with Crippen LogP contribution in [0.4, 0.5) is 5.69 Å². The van der Waals surface area contributed by atoms with Crippen molar-refractivity contribution in [3.8, 4) is 11.5 Å². The number of amides is 1. The number of nitrogens with one attached hydrogen (secondary N) is 1. The molecule has 5 N–H and O–H groups in total. The van der Waals surface area contributed by atoms with E-state index in [0.717, 1.165) is 51.0 Å². The molecule has 1 aliphatic heterocycles. The molecule has 0 radical (unpaired) electrons. The van der Waals surface area contributed by atoms with Gasteiger partial charge in [0.2, 0.25) is 5.91 Å². The maximum absolute atomic E-state index is 11.2. The maximum Gasteiger partial charge on any atom is 0.220 e. The molecule has 1 aliphatic rings. The molecule has 0 saturated carbocycles. The van der Waals surface area contributed by atoms with Crippen LogP contribution in [-0.4, -0.2) is 57.2 Å². The number of unbranched alkanes of at least 4 members (excludes halogenated alkanes) is 1. The third-order valence-corrected chi connectivity index (χ3v) is 4.81. The van der Waals surface area contributed by atoms with Crippen molar-refractivity contribution in [1.82, 2.24) is 4.90 Å². The highest BCUT2D eigenvalue weighted by Crippen LogP contribution is 2.29. The molecule has 1 saturated heterocycles. The number of hydrogen-bond acceptors (Lipinski definition) is 5. The summed E-state index contributed by atoms with van der Waals surface area (Å²) in [6.07, 6.45) is 3.75. The molecule has 0 unspecified atom stereocenters. The standard InChI is InChI=1S/C19H31N5O3.HI/c1-26-16-6-5-15(13-17(16)27-2)23-19(21)22-9-3-4-10-24-11-7-14(8-12-24)18(20)25;/h5-6,13-14H,3-4,7-12H2,1-2H3,(H2,20,25)(H3,21,22,23);1H. The topological polar surface area (TPSA) is 115 Å². The minimum Gasteiger partial charge on any atom is -0.493 e. The van der Waals surface area contributed by atoms with E-state index in [2.05, 4.69) is 15.2 Å². The number of hydrogen-bond donors (Lipinski definition) is 3. The minimum atomic E-state index is -0.165. The van der Waals surface area contributed by atoms with Crippen LogP contribution in [0.1, 0.15) is 25.7 Å². The van der Waals surface area contributed by atoms with Crippen molar-refractivity contribution in [3.63, 3.8) is 0 Å². The van der Waals surface area contributed by atoms with E-state index in [9.17, 15) is 4.79 Å². The Balaban J connectivity index is 0.00000392. The van der Waals surface area contributed by atoms with E-state index in [0.29, 0.717) is 24.0 Å². The van der Waals surface area contributed by atoms with Gasteiger partial charge in [0.15, 0.2) is 17.5 Å². The zero-order valence-electron chi connectivity index (χ0n) is 16.6. The summed E-state index contributed by atoms with van der Waals surface area (Å²) in [4.78, 5) is 17.9. The first-order valence-electron chi connectivity index (χ1n) is 9.34. The molecule has 1 fully saturated rings. The van der Waals surface area contributed by atoms with Gasteiger partial charge in [-0.05, 0) is 57.5 Å². The summed E-state index contributed by atoms with van der Waals surface area (Å²) < 4.78 is 10.5. The number of nitrogens with zero attached hydrogens (tertiary/aromatic N) is 2. The highest BCUT2D eigenvalue weighted by molar-refractivity contribution is 14.0. The normalized spacial score (nSPS) is 15.6. The predicted molar refractivity (Wildman–Crippen MR) is 123 cm³/mol. The number of primary amides is 1. The van der Waals surface area contributed by atoms with Crippen molar-refractivity contribution in [2.24, 2.45) is 22.4 Å². The van der Waals surface area contributed by atoms with Crippen LogP contribution in [0.3, 0.4) is 0 Å². The quantitative estimate of drug-likeness (QED) is 0.205. The maximum atomic E-state index is 11.2. The third kappa shape index (κ3) is 7.70. The summed E-state index contributed by atoms with van der Waals surface area (Å²) in [5.41, 5.74) is 12.1. The molecular formula is C19H32IN5O3. The van der Waals surface area contributed by atoms with E-state index < -0.39 is 0 Å². The summed E-state index contributed by atoms with van der Waals surface area (Å²) in [5, 5.41) is 3.06. The summed E-state index contributed by atoms with van der Waals surface area (Å²) >= 11 is 0. The lowest BCUT2D eigenvalue weighted by Gasteiger charge is -2.30. The summed E-state index contributed by atoms with van der Waals surface area (Å²) in [6.45, 7) is 3.58. The van der Waals surface area contributed by atoms with E-state index in [1.807, 2.05) is 18.2 Å². The van der Waals surface area contributed by atoms with Gasteiger partial charge in [0.25, 0.3) is 0 Å². The van der Waals surface area contributed by atoms with Crippen LogP contribution < -0.4 is 26.3 Å². The number of aliphatic imine (C=N–C) groups is 1. The number of methoxy groups -OCH3 is 2. The van der Waals surface area contributed by atoms with Crippen LogP contribution in [0, 0.1) is 5.92 Å². The summed E-state index contributed by atoms with van der Waals surface area (Å²) in [5.74, 6) is 1.56. The SMILES string of the molecule is COc1ccc(NC(N)=NCCCCN2CCC(C(N)=O)CC2)cc1OC.I. The predicted octanol–water partition coefficient (Wildman–Crippen LogP) is 2.03. The Bertz CT molecular complexity index is 648. The van der Waals surface area contributed by atoms with Crippen LogP contribution in [0.25, 0.3) is 0 Å². The third-order valence-electron chi connectivity index (χ3n) is 4.81. The Morgan fingerprint density at radius 1 is 1.18 bits per heavy atom. The van der Waals surface area contributed by atoms with Crippen LogP contribution in [0.15, 0.2) is 23.2 Å². The number of ether oxygens (including phenoxy) is 2. The van der Waals surface area contributed by atoms with Crippen LogP contribution in [0.2, 0.25) is 0 Å². The Hall–Kier alpha value is -1.75. The van der Waals surface area contributed by atoms with E-state index in [1.165, 1.54) is 0 Å². The van der Waals surface area contributed by atoms with Crippen molar-refractivity contribution < 1.29 is 14.3 Å². The second-order valence-corrected chi connectivity index (χ2v) is 6.69. The smallest absolute Gasteiger partial charge is 0.220 e. The van der Waals surface area contributed by atoms with Gasteiger partial charge in [-0.3, -0.25) is 9.79 Å². The molecule has 9 heteroatoms. The number of carbonyl (C=O) groups is 1. The molecule has 2 rings (SSSR count). The van der Waals surface area contributed by atoms with E-state index in [4.69, 9.17) is 20.9 Å². The van der Waals surface area contributed by atoms with Gasteiger partial charge in [0, 0.05) is 24.2 Å². The Labute approximate surface area is 184 Å². The first kappa shape index (κ1) is 24.3. The van der Waals surface area contributed by atoms with Gasteiger partial charge in [-0.15, -0.1) is 24.0 Å². The lowest BCUT2D eigenvalue weighted by molar-refractivity contribution is -0.123. The lowest BCUT2D eigenvalue weighted by atomic mass is 9.96. The number of benzene rings is 1. The highest BCUT2D eigenvalue weighted by atomic mass is 127. The number of carbonyl (C=O) groups excluding carboxylic acids is 1. The van der Waals surface area contributed by atoms with Gasteiger partial charge < -0.3 is 31.2 Å². The molecule has 1 aromatic carbocycles. The van der Waals surface area contributed by atoms with E-state index in [-0.39, 0.29) is 35.8 Å². The molecule has 0 atom stereocenters. The molecule has 1 heterocycles. The minimum absolute atomic E-state index is 0. The number of rotatable bonds is 9. The van der Waals surface area contributed by atoms with E-state index in [1.54, 1.807) is 14.2 Å². The van der Waals surface area contributed by atoms with Crippen molar-refractivity contribution in [2.75, 3.05) is 45.7 Å². The van der Waals surface area contributed by atoms with Gasteiger partial charge in [0.05, 0.1) is 14.2 Å². The molecular weight excluding hydrogens is 473 g/mol. The number of likely N-dealkylation sites (tertiary alicyclic amines) is 1. The number of anilines is 1. The van der Waals surface area contributed by atoms with Gasteiger partial charge in [0.1, 0.15) is 0 Å². The zero-order chi connectivity index (χ0) is 19.6. The van der Waals surface area contributed by atoms with Crippen LogP contribution >= 0.6 is 24.0 Å². The second kappa shape index (κ2) is 12.7. The fraction of sp³-hybridized carbons (Fsp3) is 0.579. The fourth-order valence-electron chi connectivity index (χ4n) is 3.19. The van der Waals surface area contributed by atoms with E-state index >= 15 is 0 Å². The van der Waals surface area contributed by atoms with Crippen molar-refractivity contribution in [3.05, 3.63) is 18.2 Å². The zero-order valence-corrected chi connectivity index (χ0v) is 19.0. The molecule has 0 bridgehead atoms. The monoisotopic (exact) mass is 505 g/mol. The number of nitrogens with two attached hydrogens (primary N) is 2. The molecule has 0 aromatic heterocycles. The van der Waals surface area contributed by atoms with Gasteiger partial charge in [-0.1, -0.05) is 0 Å². The summed E-state index contributed by atoms with van der Waals surface area (Å²) in [6, 6.07) is 5.49. The molecule has 0 aliphatic carbocycles. The molecule has 8 nitrogen and oxygen atoms in total. The second-order valence-electron chi connectivity index (χ2n) is 6.69. The molecule has 158 valence electrons. The Kier molecular flexibility index (Phi) is 11.0. The molecule has 0 spiro atoms. The first-order chi connectivity index (χ1) is 13.0. The molecule has 28 heavy (non-hydrogen) atoms.